The third-order valence-electron chi connectivity index (χ3n) is 2.29. The number of hydrogen-bond donors (Lipinski definition) is 3. The number of rotatable bonds is 4. The minimum absolute atomic E-state index is 0.0705. The van der Waals surface area contributed by atoms with Crippen LogP contribution in [0.5, 0.6) is 0 Å². The van der Waals surface area contributed by atoms with Gasteiger partial charge in [-0.05, 0) is 25.1 Å². The average molecular weight is 282 g/mol. The van der Waals surface area contributed by atoms with Crippen molar-refractivity contribution < 1.29 is 4.39 Å². The molecule has 0 amide bonds. The average Bonchev–Trinajstić information content (AvgIpc) is 2.33. The van der Waals surface area contributed by atoms with Crippen LogP contribution in [0.4, 0.5) is 27.7 Å². The lowest BCUT2D eigenvalue weighted by Gasteiger charge is -2.09. The third-order valence-corrected chi connectivity index (χ3v) is 2.60. The summed E-state index contributed by atoms with van der Waals surface area (Å²) in [6.07, 6.45) is 0. The first kappa shape index (κ1) is 13.4. The van der Waals surface area contributed by atoms with E-state index in [0.29, 0.717) is 23.9 Å². The molecule has 2 aromatic rings. The fourth-order valence-corrected chi connectivity index (χ4v) is 1.64. The molecule has 0 bridgehead atoms. The fraction of sp³-hybridized carbons (Fsp3) is 0.167. The van der Waals surface area contributed by atoms with E-state index >= 15 is 0 Å². The molecule has 0 atom stereocenters. The molecule has 0 saturated heterocycles. The van der Waals surface area contributed by atoms with Crippen molar-refractivity contribution in [2.45, 2.75) is 6.92 Å². The number of nitrogens with zero attached hydrogens (tertiary/aromatic N) is 2. The van der Waals surface area contributed by atoms with Gasteiger partial charge in [0, 0.05) is 18.3 Å². The molecule has 0 fully saturated rings. The highest BCUT2D eigenvalue weighted by molar-refractivity contribution is 6.30. The summed E-state index contributed by atoms with van der Waals surface area (Å²) in [5.41, 5.74) is 6.13. The summed E-state index contributed by atoms with van der Waals surface area (Å²) in [6.45, 7) is 2.66. The van der Waals surface area contributed by atoms with Gasteiger partial charge >= 0.3 is 0 Å². The smallest absolute Gasteiger partial charge is 0.223 e. The largest absolute Gasteiger partial charge is 0.370 e. The molecule has 1 aromatic carbocycles. The van der Waals surface area contributed by atoms with Crippen LogP contribution in [-0.2, 0) is 0 Å². The Morgan fingerprint density at radius 3 is 2.68 bits per heavy atom. The topological polar surface area (TPSA) is 75.9 Å². The van der Waals surface area contributed by atoms with E-state index in [-0.39, 0.29) is 11.0 Å². The van der Waals surface area contributed by atoms with Crippen LogP contribution >= 0.6 is 11.6 Å². The van der Waals surface area contributed by atoms with Gasteiger partial charge in [0.15, 0.2) is 0 Å². The van der Waals surface area contributed by atoms with Gasteiger partial charge in [-0.25, -0.2) is 4.39 Å². The summed E-state index contributed by atoms with van der Waals surface area (Å²) >= 11 is 5.62. The van der Waals surface area contributed by atoms with E-state index in [1.165, 1.54) is 12.1 Å². The van der Waals surface area contributed by atoms with Crippen LogP contribution < -0.4 is 16.4 Å². The molecule has 19 heavy (non-hydrogen) atoms. The maximum atomic E-state index is 13.3. The van der Waals surface area contributed by atoms with Crippen molar-refractivity contribution in [2.24, 2.45) is 0 Å². The Labute approximate surface area is 115 Å². The highest BCUT2D eigenvalue weighted by atomic mass is 35.5. The maximum Gasteiger partial charge on any atom is 0.223 e. The van der Waals surface area contributed by atoms with E-state index in [0.717, 1.165) is 0 Å². The van der Waals surface area contributed by atoms with Crippen molar-refractivity contribution in [3.63, 3.8) is 0 Å². The summed E-state index contributed by atoms with van der Waals surface area (Å²) < 4.78 is 13.3. The zero-order valence-corrected chi connectivity index (χ0v) is 11.0. The standard InChI is InChI=1S/C12H13ClFN5/c1-2-16-10-6-11(19-12(15)18-10)17-7-3-4-8(13)9(14)5-7/h3-6H,2H2,1H3,(H4,15,16,17,18,19). The molecule has 1 heterocycles. The Kier molecular flexibility index (Phi) is 4.01. The van der Waals surface area contributed by atoms with Gasteiger partial charge < -0.3 is 16.4 Å². The van der Waals surface area contributed by atoms with Crippen LogP contribution in [0, 0.1) is 5.82 Å². The normalized spacial score (nSPS) is 10.3. The minimum Gasteiger partial charge on any atom is -0.370 e. The second-order valence-electron chi connectivity index (χ2n) is 3.78. The first-order valence-corrected chi connectivity index (χ1v) is 6.07. The van der Waals surface area contributed by atoms with Gasteiger partial charge in [-0.3, -0.25) is 0 Å². The van der Waals surface area contributed by atoms with Crippen LogP contribution in [0.2, 0.25) is 5.02 Å². The van der Waals surface area contributed by atoms with E-state index < -0.39 is 5.82 Å². The monoisotopic (exact) mass is 281 g/mol. The van der Waals surface area contributed by atoms with E-state index in [1.807, 2.05) is 6.92 Å². The van der Waals surface area contributed by atoms with E-state index in [2.05, 4.69) is 20.6 Å². The van der Waals surface area contributed by atoms with Crippen molar-refractivity contribution in [1.29, 1.82) is 0 Å². The number of nitrogen functional groups attached to an aromatic ring is 1. The van der Waals surface area contributed by atoms with Crippen molar-refractivity contribution >= 4 is 34.9 Å². The minimum atomic E-state index is -0.499. The molecular weight excluding hydrogens is 269 g/mol. The third kappa shape index (κ3) is 3.45. The number of nitrogens with two attached hydrogens (primary N) is 1. The Hall–Kier alpha value is -2.08. The molecule has 7 heteroatoms. The van der Waals surface area contributed by atoms with E-state index in [9.17, 15) is 4.39 Å². The molecule has 100 valence electrons. The predicted molar refractivity (Wildman–Crippen MR) is 75.3 cm³/mol. The number of nitrogens with one attached hydrogen (secondary N) is 2. The second-order valence-corrected chi connectivity index (χ2v) is 4.19. The van der Waals surface area contributed by atoms with E-state index in [1.54, 1.807) is 12.1 Å². The molecular formula is C12H13ClFN5. The number of halogens is 2. The Balaban J connectivity index is 2.24. The first-order chi connectivity index (χ1) is 9.08. The highest BCUT2D eigenvalue weighted by Crippen LogP contribution is 2.22. The highest BCUT2D eigenvalue weighted by Gasteiger charge is 2.04. The number of aromatic nitrogens is 2. The van der Waals surface area contributed by atoms with Gasteiger partial charge in [0.2, 0.25) is 5.95 Å². The Bertz CT molecular complexity index is 590. The summed E-state index contributed by atoms with van der Waals surface area (Å²) in [5, 5.41) is 6.04. The Morgan fingerprint density at radius 1 is 1.26 bits per heavy atom. The molecule has 0 aliphatic rings. The van der Waals surface area contributed by atoms with Crippen LogP contribution in [0.15, 0.2) is 24.3 Å². The van der Waals surface area contributed by atoms with Gasteiger partial charge in [-0.1, -0.05) is 11.6 Å². The fourth-order valence-electron chi connectivity index (χ4n) is 1.52. The van der Waals surface area contributed by atoms with Crippen molar-refractivity contribution in [3.8, 4) is 0 Å². The molecule has 0 aliphatic carbocycles. The lowest BCUT2D eigenvalue weighted by Crippen LogP contribution is -2.05. The number of benzene rings is 1. The molecule has 1 aromatic heterocycles. The lowest BCUT2D eigenvalue weighted by molar-refractivity contribution is 0.629. The summed E-state index contributed by atoms with van der Waals surface area (Å²) in [7, 11) is 0. The van der Waals surface area contributed by atoms with Gasteiger partial charge in [0.25, 0.3) is 0 Å². The molecule has 2 rings (SSSR count). The summed E-state index contributed by atoms with van der Waals surface area (Å²) in [4.78, 5) is 8.04. The van der Waals surface area contributed by atoms with Crippen molar-refractivity contribution in [1.82, 2.24) is 9.97 Å². The zero-order chi connectivity index (χ0) is 13.8. The number of anilines is 4. The quantitative estimate of drug-likeness (QED) is 0.803. The maximum absolute atomic E-state index is 13.3. The summed E-state index contributed by atoms with van der Waals surface area (Å²) in [5.74, 6) is 0.716. The molecule has 4 N–H and O–H groups in total. The Morgan fingerprint density at radius 2 is 2.00 bits per heavy atom. The van der Waals surface area contributed by atoms with E-state index in [4.69, 9.17) is 17.3 Å². The van der Waals surface area contributed by atoms with Gasteiger partial charge in [-0.15, -0.1) is 0 Å². The molecule has 0 spiro atoms. The first-order valence-electron chi connectivity index (χ1n) is 5.69. The molecule has 0 aliphatic heterocycles. The number of hydrogen-bond acceptors (Lipinski definition) is 5. The SMILES string of the molecule is CCNc1cc(Nc2ccc(Cl)c(F)c2)nc(N)n1. The van der Waals surface area contributed by atoms with Crippen LogP contribution in [0.3, 0.4) is 0 Å². The zero-order valence-electron chi connectivity index (χ0n) is 10.2. The summed E-state index contributed by atoms with van der Waals surface area (Å²) in [6, 6.07) is 6.09. The van der Waals surface area contributed by atoms with Crippen molar-refractivity contribution in [2.75, 3.05) is 22.9 Å². The van der Waals surface area contributed by atoms with Crippen molar-refractivity contribution in [3.05, 3.63) is 35.1 Å². The molecule has 0 saturated carbocycles. The lowest BCUT2D eigenvalue weighted by atomic mass is 10.3. The predicted octanol–water partition coefficient (Wildman–Crippen LogP) is 3.03. The molecule has 0 unspecified atom stereocenters. The molecule has 0 radical (unpaired) electrons. The second kappa shape index (κ2) is 5.71. The van der Waals surface area contributed by atoms with Crippen LogP contribution in [-0.4, -0.2) is 16.5 Å². The molecule has 5 nitrogen and oxygen atoms in total. The van der Waals surface area contributed by atoms with Gasteiger partial charge in [0.1, 0.15) is 17.5 Å². The van der Waals surface area contributed by atoms with Gasteiger partial charge in [-0.2, -0.15) is 9.97 Å². The van der Waals surface area contributed by atoms with Gasteiger partial charge in [0.05, 0.1) is 5.02 Å². The van der Waals surface area contributed by atoms with Crippen LogP contribution in [0.1, 0.15) is 6.92 Å². The van der Waals surface area contributed by atoms with Crippen LogP contribution in [0.25, 0.3) is 0 Å².